The average molecular weight is 361 g/mol. The fraction of sp³-hybridized carbons (Fsp3) is 0.190. The van der Waals surface area contributed by atoms with Crippen molar-refractivity contribution in [3.05, 3.63) is 89.3 Å². The molecule has 1 fully saturated rings. The number of nitrogens with zero attached hydrogens (tertiary/aromatic N) is 2. The standard InChI is InChI=1S/C21H19N3O3/c1-15-12-18(23-27-15)14-24-19(25)21(22-20(24)26,17-10-6-3-7-11-17)13-16-8-4-2-5-9-16/h2-12H,13-14H2,1H3,(H,22,26)/t21-/m0/s1. The minimum Gasteiger partial charge on any atom is -0.361 e. The first-order valence-corrected chi connectivity index (χ1v) is 8.74. The van der Waals surface area contributed by atoms with Crippen LogP contribution >= 0.6 is 0 Å². The zero-order chi connectivity index (χ0) is 18.9. The predicted molar refractivity (Wildman–Crippen MR) is 98.6 cm³/mol. The van der Waals surface area contributed by atoms with Crippen molar-refractivity contribution >= 4 is 11.9 Å². The number of hydrogen-bond donors (Lipinski definition) is 1. The molecule has 2 heterocycles. The summed E-state index contributed by atoms with van der Waals surface area (Å²) in [6, 6.07) is 20.3. The highest BCUT2D eigenvalue weighted by atomic mass is 16.5. The first-order chi connectivity index (χ1) is 13.1. The molecule has 1 atom stereocenters. The first-order valence-electron chi connectivity index (χ1n) is 8.74. The Hall–Kier alpha value is -3.41. The maximum Gasteiger partial charge on any atom is 0.325 e. The van der Waals surface area contributed by atoms with E-state index in [-0.39, 0.29) is 12.5 Å². The average Bonchev–Trinajstić information content (AvgIpc) is 3.20. The maximum absolute atomic E-state index is 13.4. The third-order valence-corrected chi connectivity index (χ3v) is 4.75. The van der Waals surface area contributed by atoms with Crippen LogP contribution in [0.3, 0.4) is 0 Å². The summed E-state index contributed by atoms with van der Waals surface area (Å²) in [4.78, 5) is 27.4. The summed E-state index contributed by atoms with van der Waals surface area (Å²) in [6.07, 6.45) is 0.372. The zero-order valence-electron chi connectivity index (χ0n) is 14.9. The number of nitrogens with one attached hydrogen (secondary N) is 1. The molecule has 2 aromatic carbocycles. The van der Waals surface area contributed by atoms with Crippen molar-refractivity contribution in [1.29, 1.82) is 0 Å². The lowest BCUT2D eigenvalue weighted by Gasteiger charge is -2.27. The molecule has 1 aromatic heterocycles. The Balaban J connectivity index is 1.72. The topological polar surface area (TPSA) is 75.4 Å². The highest BCUT2D eigenvalue weighted by Crippen LogP contribution is 2.33. The monoisotopic (exact) mass is 361 g/mol. The van der Waals surface area contributed by atoms with Crippen LogP contribution in [0.5, 0.6) is 0 Å². The molecule has 27 heavy (non-hydrogen) atoms. The van der Waals surface area contributed by atoms with Crippen molar-refractivity contribution in [1.82, 2.24) is 15.4 Å². The van der Waals surface area contributed by atoms with Crippen molar-refractivity contribution in [2.75, 3.05) is 0 Å². The summed E-state index contributed by atoms with van der Waals surface area (Å²) in [5.41, 5.74) is 1.12. The molecule has 0 aliphatic carbocycles. The van der Waals surface area contributed by atoms with Crippen LogP contribution in [0.4, 0.5) is 4.79 Å². The van der Waals surface area contributed by atoms with E-state index in [2.05, 4.69) is 10.5 Å². The van der Waals surface area contributed by atoms with E-state index in [0.717, 1.165) is 11.1 Å². The molecule has 1 aliphatic rings. The van der Waals surface area contributed by atoms with E-state index >= 15 is 0 Å². The number of hydrogen-bond acceptors (Lipinski definition) is 4. The molecule has 0 saturated carbocycles. The van der Waals surface area contributed by atoms with Gasteiger partial charge in [-0.2, -0.15) is 0 Å². The maximum atomic E-state index is 13.4. The second-order valence-electron chi connectivity index (χ2n) is 6.68. The Labute approximate surface area is 156 Å². The fourth-order valence-corrected chi connectivity index (χ4v) is 3.47. The Morgan fingerprint density at radius 3 is 2.33 bits per heavy atom. The quantitative estimate of drug-likeness (QED) is 0.708. The molecule has 0 radical (unpaired) electrons. The van der Waals surface area contributed by atoms with E-state index in [0.29, 0.717) is 17.9 Å². The molecular formula is C21H19N3O3. The zero-order valence-corrected chi connectivity index (χ0v) is 14.9. The summed E-state index contributed by atoms with van der Waals surface area (Å²) < 4.78 is 5.06. The number of carbonyl (C=O) groups excluding carboxylic acids is 2. The number of aromatic nitrogens is 1. The lowest BCUT2D eigenvalue weighted by Crippen LogP contribution is -2.46. The van der Waals surface area contributed by atoms with Crippen LogP contribution in [0, 0.1) is 6.92 Å². The van der Waals surface area contributed by atoms with Crippen molar-refractivity contribution in [2.45, 2.75) is 25.4 Å². The van der Waals surface area contributed by atoms with Gasteiger partial charge in [-0.05, 0) is 18.1 Å². The van der Waals surface area contributed by atoms with Crippen LogP contribution < -0.4 is 5.32 Å². The number of rotatable bonds is 5. The van der Waals surface area contributed by atoms with Gasteiger partial charge in [-0.1, -0.05) is 65.8 Å². The lowest BCUT2D eigenvalue weighted by molar-refractivity contribution is -0.132. The van der Waals surface area contributed by atoms with Crippen LogP contribution in [-0.4, -0.2) is 22.0 Å². The van der Waals surface area contributed by atoms with Gasteiger partial charge in [0.2, 0.25) is 0 Å². The molecule has 0 spiro atoms. The Bertz CT molecular complexity index is 969. The van der Waals surface area contributed by atoms with Gasteiger partial charge in [0.15, 0.2) is 5.54 Å². The summed E-state index contributed by atoms with van der Waals surface area (Å²) in [7, 11) is 0. The second-order valence-corrected chi connectivity index (χ2v) is 6.68. The van der Waals surface area contributed by atoms with Gasteiger partial charge in [0.1, 0.15) is 11.5 Å². The molecule has 0 bridgehead atoms. The number of imide groups is 1. The van der Waals surface area contributed by atoms with Crippen LogP contribution in [0.25, 0.3) is 0 Å². The lowest BCUT2D eigenvalue weighted by atomic mass is 9.83. The summed E-state index contributed by atoms with van der Waals surface area (Å²) in [6.45, 7) is 1.84. The van der Waals surface area contributed by atoms with E-state index in [4.69, 9.17) is 4.52 Å². The molecule has 6 nitrogen and oxygen atoms in total. The molecule has 1 saturated heterocycles. The van der Waals surface area contributed by atoms with E-state index in [9.17, 15) is 9.59 Å². The summed E-state index contributed by atoms with van der Waals surface area (Å²) in [5, 5.41) is 6.84. The van der Waals surface area contributed by atoms with Crippen LogP contribution in [0.1, 0.15) is 22.6 Å². The predicted octanol–water partition coefficient (Wildman–Crippen LogP) is 3.17. The molecule has 6 heteroatoms. The number of urea groups is 1. The third kappa shape index (κ3) is 3.10. The molecule has 0 unspecified atom stereocenters. The minimum atomic E-state index is -1.14. The van der Waals surface area contributed by atoms with Gasteiger partial charge in [0.05, 0.1) is 6.54 Å². The van der Waals surface area contributed by atoms with Crippen molar-refractivity contribution in [3.8, 4) is 0 Å². The van der Waals surface area contributed by atoms with Crippen LogP contribution in [-0.2, 0) is 23.3 Å². The molecule has 3 aromatic rings. The largest absolute Gasteiger partial charge is 0.361 e. The smallest absolute Gasteiger partial charge is 0.325 e. The van der Waals surface area contributed by atoms with Crippen LogP contribution in [0.15, 0.2) is 71.3 Å². The first kappa shape index (κ1) is 17.0. The molecule has 1 aliphatic heterocycles. The fourth-order valence-electron chi connectivity index (χ4n) is 3.47. The van der Waals surface area contributed by atoms with E-state index < -0.39 is 11.6 Å². The Kier molecular flexibility index (Phi) is 4.24. The Morgan fingerprint density at radius 2 is 1.70 bits per heavy atom. The van der Waals surface area contributed by atoms with Gasteiger partial charge < -0.3 is 9.84 Å². The molecular weight excluding hydrogens is 342 g/mol. The van der Waals surface area contributed by atoms with Gasteiger partial charge >= 0.3 is 6.03 Å². The number of amides is 3. The highest BCUT2D eigenvalue weighted by Gasteiger charge is 2.52. The van der Waals surface area contributed by atoms with Gasteiger partial charge in [-0.3, -0.25) is 9.69 Å². The molecule has 1 N–H and O–H groups in total. The normalized spacial score (nSPS) is 19.4. The number of benzene rings is 2. The van der Waals surface area contributed by atoms with Crippen molar-refractivity contribution < 1.29 is 14.1 Å². The van der Waals surface area contributed by atoms with E-state index in [1.54, 1.807) is 13.0 Å². The minimum absolute atomic E-state index is 0.0748. The van der Waals surface area contributed by atoms with Gasteiger partial charge in [0, 0.05) is 12.5 Å². The van der Waals surface area contributed by atoms with Crippen molar-refractivity contribution in [3.63, 3.8) is 0 Å². The number of carbonyl (C=O) groups is 2. The molecule has 3 amide bonds. The molecule has 4 rings (SSSR count). The van der Waals surface area contributed by atoms with E-state index in [1.807, 2.05) is 60.7 Å². The van der Waals surface area contributed by atoms with Crippen molar-refractivity contribution in [2.24, 2.45) is 0 Å². The van der Waals surface area contributed by atoms with Gasteiger partial charge in [0.25, 0.3) is 5.91 Å². The molecule has 136 valence electrons. The summed E-state index contributed by atoms with van der Waals surface area (Å²) >= 11 is 0. The second kappa shape index (κ2) is 6.72. The van der Waals surface area contributed by atoms with Gasteiger partial charge in [-0.25, -0.2) is 4.79 Å². The van der Waals surface area contributed by atoms with E-state index in [1.165, 1.54) is 4.90 Å². The third-order valence-electron chi connectivity index (χ3n) is 4.75. The van der Waals surface area contributed by atoms with Gasteiger partial charge in [-0.15, -0.1) is 0 Å². The van der Waals surface area contributed by atoms with Crippen LogP contribution in [0.2, 0.25) is 0 Å². The highest BCUT2D eigenvalue weighted by molar-refractivity contribution is 6.07. The number of aryl methyl sites for hydroxylation is 1. The summed E-state index contributed by atoms with van der Waals surface area (Å²) in [5.74, 6) is 0.346. The SMILES string of the molecule is Cc1cc(CN2C(=O)N[C@@](Cc3ccccc3)(c3ccccc3)C2=O)no1. The Morgan fingerprint density at radius 1 is 1.04 bits per heavy atom.